The Balaban J connectivity index is 1.52. The Morgan fingerprint density at radius 2 is 2.28 bits per heavy atom. The van der Waals surface area contributed by atoms with E-state index in [2.05, 4.69) is 20.4 Å². The van der Waals surface area contributed by atoms with Gasteiger partial charge in [-0.2, -0.15) is 0 Å². The number of nitrogens with zero attached hydrogens (tertiary/aromatic N) is 3. The molecule has 3 rings (SSSR count). The van der Waals surface area contributed by atoms with Gasteiger partial charge in [-0.15, -0.1) is 10.2 Å². The topological polar surface area (TPSA) is 93.6 Å². The van der Waals surface area contributed by atoms with Crippen LogP contribution in [0.2, 0.25) is 0 Å². The van der Waals surface area contributed by atoms with Gasteiger partial charge < -0.3 is 18.9 Å². The van der Waals surface area contributed by atoms with Gasteiger partial charge in [0.05, 0.1) is 12.8 Å². The van der Waals surface area contributed by atoms with Crippen molar-refractivity contribution < 1.29 is 18.4 Å². The van der Waals surface area contributed by atoms with E-state index in [4.69, 9.17) is 13.6 Å². The second-order valence-corrected chi connectivity index (χ2v) is 7.20. The standard InChI is InChI=1S/C17H24N4O4/c1-17(2,3)25-16(22)18-12-6-4-8-21(10-12)11-14-19-20-15(24-14)13-7-5-9-23-13/h5,7,9,12H,4,6,8,10-11H2,1-3H3,(H,18,22)/t12-/m1/s1. The van der Waals surface area contributed by atoms with Crippen LogP contribution in [0.25, 0.3) is 11.7 Å². The first-order valence-corrected chi connectivity index (χ1v) is 8.47. The minimum Gasteiger partial charge on any atom is -0.459 e. The van der Waals surface area contributed by atoms with Crippen LogP contribution >= 0.6 is 0 Å². The minimum atomic E-state index is -0.496. The lowest BCUT2D eigenvalue weighted by molar-refractivity contribution is 0.0468. The predicted octanol–water partition coefficient (Wildman–Crippen LogP) is 2.82. The number of ether oxygens (including phenoxy) is 1. The maximum absolute atomic E-state index is 11.9. The zero-order valence-electron chi connectivity index (χ0n) is 14.8. The second kappa shape index (κ2) is 7.26. The molecule has 1 fully saturated rings. The summed E-state index contributed by atoms with van der Waals surface area (Å²) in [5.41, 5.74) is -0.496. The lowest BCUT2D eigenvalue weighted by Gasteiger charge is -2.32. The van der Waals surface area contributed by atoms with Gasteiger partial charge in [0.1, 0.15) is 5.60 Å². The molecule has 0 spiro atoms. The van der Waals surface area contributed by atoms with E-state index >= 15 is 0 Å². The molecule has 8 nitrogen and oxygen atoms in total. The van der Waals surface area contributed by atoms with Crippen molar-refractivity contribution in [1.82, 2.24) is 20.4 Å². The highest BCUT2D eigenvalue weighted by Gasteiger charge is 2.25. The zero-order chi connectivity index (χ0) is 17.9. The summed E-state index contributed by atoms with van der Waals surface area (Å²) in [6, 6.07) is 3.60. The zero-order valence-corrected chi connectivity index (χ0v) is 14.8. The third-order valence-electron chi connectivity index (χ3n) is 3.78. The Labute approximate surface area is 146 Å². The van der Waals surface area contributed by atoms with Crippen molar-refractivity contribution in [3.8, 4) is 11.7 Å². The van der Waals surface area contributed by atoms with Crippen molar-refractivity contribution in [3.63, 3.8) is 0 Å². The molecule has 1 N–H and O–H groups in total. The molecule has 25 heavy (non-hydrogen) atoms. The van der Waals surface area contributed by atoms with Crippen molar-refractivity contribution in [2.75, 3.05) is 13.1 Å². The Morgan fingerprint density at radius 3 is 3.00 bits per heavy atom. The van der Waals surface area contributed by atoms with Crippen LogP contribution in [0.3, 0.4) is 0 Å². The number of carbonyl (C=O) groups excluding carboxylic acids is 1. The summed E-state index contributed by atoms with van der Waals surface area (Å²) in [6.07, 6.45) is 3.10. The highest BCUT2D eigenvalue weighted by atomic mass is 16.6. The fourth-order valence-electron chi connectivity index (χ4n) is 2.80. The summed E-state index contributed by atoms with van der Waals surface area (Å²) < 4.78 is 16.2. The van der Waals surface area contributed by atoms with E-state index in [9.17, 15) is 4.79 Å². The van der Waals surface area contributed by atoms with Crippen molar-refractivity contribution in [1.29, 1.82) is 0 Å². The van der Waals surface area contributed by atoms with E-state index in [1.807, 2.05) is 20.8 Å². The lowest BCUT2D eigenvalue weighted by Crippen LogP contribution is -2.48. The van der Waals surface area contributed by atoms with Crippen LogP contribution in [0.5, 0.6) is 0 Å². The van der Waals surface area contributed by atoms with Crippen molar-refractivity contribution in [2.45, 2.75) is 51.8 Å². The lowest BCUT2D eigenvalue weighted by atomic mass is 10.1. The third kappa shape index (κ3) is 5.06. The molecule has 8 heteroatoms. The molecule has 136 valence electrons. The van der Waals surface area contributed by atoms with E-state index in [-0.39, 0.29) is 12.1 Å². The minimum absolute atomic E-state index is 0.0519. The summed E-state index contributed by atoms with van der Waals surface area (Å²) in [7, 11) is 0. The van der Waals surface area contributed by atoms with Gasteiger partial charge in [-0.25, -0.2) is 4.79 Å². The molecule has 0 saturated carbocycles. The molecule has 3 heterocycles. The van der Waals surface area contributed by atoms with E-state index in [0.717, 1.165) is 25.9 Å². The van der Waals surface area contributed by atoms with Gasteiger partial charge in [0, 0.05) is 12.6 Å². The number of alkyl carbamates (subject to hydrolysis) is 1. The molecule has 1 atom stereocenters. The van der Waals surface area contributed by atoms with Gasteiger partial charge in [0.25, 0.3) is 5.89 Å². The molecule has 1 amide bonds. The Hall–Kier alpha value is -2.35. The molecule has 0 aromatic carbocycles. The van der Waals surface area contributed by atoms with Gasteiger partial charge >= 0.3 is 6.09 Å². The fraction of sp³-hybridized carbons (Fsp3) is 0.588. The smallest absolute Gasteiger partial charge is 0.407 e. The van der Waals surface area contributed by atoms with Gasteiger partial charge in [-0.1, -0.05) is 0 Å². The van der Waals surface area contributed by atoms with Crippen LogP contribution < -0.4 is 5.32 Å². The van der Waals surface area contributed by atoms with Crippen LogP contribution in [-0.4, -0.2) is 45.9 Å². The van der Waals surface area contributed by atoms with Gasteiger partial charge in [0.15, 0.2) is 5.76 Å². The molecule has 2 aromatic heterocycles. The maximum Gasteiger partial charge on any atom is 0.407 e. The first kappa shape index (κ1) is 17.5. The van der Waals surface area contributed by atoms with Crippen LogP contribution in [0, 0.1) is 0 Å². The average Bonchev–Trinajstić information content (AvgIpc) is 3.16. The van der Waals surface area contributed by atoms with E-state index < -0.39 is 5.60 Å². The van der Waals surface area contributed by atoms with Gasteiger partial charge in [-0.3, -0.25) is 4.90 Å². The molecule has 0 radical (unpaired) electrons. The summed E-state index contributed by atoms with van der Waals surface area (Å²) in [5, 5.41) is 11.0. The van der Waals surface area contributed by atoms with Crippen molar-refractivity contribution >= 4 is 6.09 Å². The van der Waals surface area contributed by atoms with Crippen LogP contribution in [0.1, 0.15) is 39.5 Å². The number of hydrogen-bond donors (Lipinski definition) is 1. The predicted molar refractivity (Wildman–Crippen MR) is 89.7 cm³/mol. The number of likely N-dealkylation sites (tertiary alicyclic amines) is 1. The average molecular weight is 348 g/mol. The Kier molecular flexibility index (Phi) is 5.08. The first-order valence-electron chi connectivity index (χ1n) is 8.47. The van der Waals surface area contributed by atoms with Gasteiger partial charge in [0.2, 0.25) is 5.89 Å². The third-order valence-corrected chi connectivity index (χ3v) is 3.78. The van der Waals surface area contributed by atoms with Gasteiger partial charge in [-0.05, 0) is 52.3 Å². The number of piperidine rings is 1. The number of hydrogen-bond acceptors (Lipinski definition) is 7. The quantitative estimate of drug-likeness (QED) is 0.908. The summed E-state index contributed by atoms with van der Waals surface area (Å²) in [5.74, 6) is 1.46. The van der Waals surface area contributed by atoms with Crippen LogP contribution in [0.4, 0.5) is 4.79 Å². The molecule has 0 aliphatic carbocycles. The summed E-state index contributed by atoms with van der Waals surface area (Å²) in [4.78, 5) is 14.1. The Bertz CT molecular complexity index is 690. The number of furan rings is 1. The van der Waals surface area contributed by atoms with E-state index in [1.54, 1.807) is 18.4 Å². The summed E-state index contributed by atoms with van der Waals surface area (Å²) >= 11 is 0. The molecule has 1 saturated heterocycles. The number of aromatic nitrogens is 2. The number of rotatable bonds is 4. The van der Waals surface area contributed by atoms with Crippen molar-refractivity contribution in [3.05, 3.63) is 24.3 Å². The SMILES string of the molecule is CC(C)(C)OC(=O)N[C@@H]1CCCN(Cc2nnc(-c3ccco3)o2)C1. The van der Waals surface area contributed by atoms with Crippen molar-refractivity contribution in [2.24, 2.45) is 0 Å². The molecule has 2 aromatic rings. The molecule has 0 bridgehead atoms. The first-order chi connectivity index (χ1) is 11.9. The number of amides is 1. The van der Waals surface area contributed by atoms with E-state index in [0.29, 0.717) is 24.1 Å². The number of carbonyl (C=O) groups is 1. The molecule has 1 aliphatic heterocycles. The monoisotopic (exact) mass is 348 g/mol. The number of nitrogens with one attached hydrogen (secondary N) is 1. The molecular formula is C17H24N4O4. The largest absolute Gasteiger partial charge is 0.459 e. The molecule has 1 aliphatic rings. The highest BCUT2D eigenvalue weighted by molar-refractivity contribution is 5.68. The van der Waals surface area contributed by atoms with E-state index in [1.165, 1.54) is 0 Å². The molecular weight excluding hydrogens is 324 g/mol. The fourth-order valence-corrected chi connectivity index (χ4v) is 2.80. The maximum atomic E-state index is 11.9. The normalized spacial score (nSPS) is 18.9. The highest BCUT2D eigenvalue weighted by Crippen LogP contribution is 2.20. The Morgan fingerprint density at radius 1 is 1.44 bits per heavy atom. The summed E-state index contributed by atoms with van der Waals surface area (Å²) in [6.45, 7) is 7.74. The second-order valence-electron chi connectivity index (χ2n) is 7.20. The molecule has 0 unspecified atom stereocenters. The van der Waals surface area contributed by atoms with Crippen LogP contribution in [-0.2, 0) is 11.3 Å². The van der Waals surface area contributed by atoms with Crippen LogP contribution in [0.15, 0.2) is 27.2 Å².